The van der Waals surface area contributed by atoms with Gasteiger partial charge in [0, 0.05) is 23.0 Å². The summed E-state index contributed by atoms with van der Waals surface area (Å²) in [7, 11) is 0. The molecule has 2 heteroatoms. The molecule has 0 aliphatic rings. The molecule has 0 aliphatic heterocycles. The van der Waals surface area contributed by atoms with E-state index >= 15 is 0 Å². The van der Waals surface area contributed by atoms with Crippen molar-refractivity contribution in [2.45, 2.75) is 18.3 Å². The van der Waals surface area contributed by atoms with Crippen LogP contribution in [0.2, 0.25) is 0 Å². The Morgan fingerprint density at radius 1 is 0.452 bits per heavy atom. The molecule has 0 amide bonds. The van der Waals surface area contributed by atoms with Gasteiger partial charge in [-0.05, 0) is 17.5 Å². The first kappa shape index (κ1) is 20.5. The lowest BCUT2D eigenvalue weighted by Crippen LogP contribution is -2.21. The van der Waals surface area contributed by atoms with Crippen LogP contribution in [-0.2, 0) is 0 Å². The van der Waals surface area contributed by atoms with Gasteiger partial charge in [-0.1, -0.05) is 121 Å². The van der Waals surface area contributed by atoms with Crippen LogP contribution in [-0.4, -0.2) is 11.6 Å². The molecule has 0 bridgehead atoms. The summed E-state index contributed by atoms with van der Waals surface area (Å²) in [4.78, 5) is 27.1. The summed E-state index contributed by atoms with van der Waals surface area (Å²) in [5.74, 6) is -0.759. The Kier molecular flexibility index (Phi) is 6.49. The molecule has 0 saturated heterocycles. The normalized spacial score (nSPS) is 12.6. The number of Topliss-reactive ketones (excluding diaryl/α,β-unsaturated/α-hetero) is 2. The maximum absolute atomic E-state index is 13.6. The van der Waals surface area contributed by atoms with Crippen molar-refractivity contribution in [3.63, 3.8) is 0 Å². The molecule has 31 heavy (non-hydrogen) atoms. The molecular formula is C29H24O2. The van der Waals surface area contributed by atoms with Crippen molar-refractivity contribution in [2.75, 3.05) is 0 Å². The molecule has 0 fully saturated rings. The van der Waals surface area contributed by atoms with E-state index in [1.54, 1.807) is 0 Å². The number of hydrogen-bond donors (Lipinski definition) is 0. The van der Waals surface area contributed by atoms with Gasteiger partial charge in [0.1, 0.15) is 0 Å². The Morgan fingerprint density at radius 2 is 0.742 bits per heavy atom. The number of carbonyl (C=O) groups excluding carboxylic acids is 2. The second-order valence-corrected chi connectivity index (χ2v) is 7.62. The Morgan fingerprint density at radius 3 is 1.06 bits per heavy atom. The maximum atomic E-state index is 13.6. The molecule has 0 saturated carbocycles. The van der Waals surface area contributed by atoms with Crippen molar-refractivity contribution in [2.24, 2.45) is 0 Å². The number of carbonyl (C=O) groups is 2. The predicted octanol–water partition coefficient (Wildman–Crippen LogP) is 6.71. The first-order valence-electron chi connectivity index (χ1n) is 10.5. The predicted molar refractivity (Wildman–Crippen MR) is 125 cm³/mol. The van der Waals surface area contributed by atoms with Crippen molar-refractivity contribution >= 4 is 11.6 Å². The van der Waals surface area contributed by atoms with Crippen LogP contribution in [0.3, 0.4) is 0 Å². The highest BCUT2D eigenvalue weighted by Gasteiger charge is 2.30. The van der Waals surface area contributed by atoms with Crippen molar-refractivity contribution < 1.29 is 9.59 Å². The van der Waals surface area contributed by atoms with Gasteiger partial charge in [0.2, 0.25) is 0 Å². The Bertz CT molecular complexity index is 1030. The highest BCUT2D eigenvalue weighted by molar-refractivity contribution is 6.04. The average molecular weight is 405 g/mol. The SMILES string of the molecule is O=C(c1ccccc1)C(CC(C(=O)c1ccccc1)c1ccccc1)c1ccccc1. The van der Waals surface area contributed by atoms with Gasteiger partial charge in [-0.3, -0.25) is 9.59 Å². The second kappa shape index (κ2) is 9.82. The summed E-state index contributed by atoms with van der Waals surface area (Å²) >= 11 is 0. The summed E-state index contributed by atoms with van der Waals surface area (Å²) in [5, 5.41) is 0. The lowest BCUT2D eigenvalue weighted by molar-refractivity contribution is 0.0918. The van der Waals surface area contributed by atoms with Crippen molar-refractivity contribution in [1.29, 1.82) is 0 Å². The zero-order chi connectivity index (χ0) is 21.5. The number of rotatable bonds is 8. The van der Waals surface area contributed by atoms with E-state index in [0.29, 0.717) is 17.5 Å². The molecule has 4 rings (SSSR count). The molecule has 0 radical (unpaired) electrons. The molecule has 0 spiro atoms. The van der Waals surface area contributed by atoms with Crippen LogP contribution in [0.25, 0.3) is 0 Å². The second-order valence-electron chi connectivity index (χ2n) is 7.62. The summed E-state index contributed by atoms with van der Waals surface area (Å²) in [6.45, 7) is 0. The molecular weight excluding hydrogens is 380 g/mol. The highest BCUT2D eigenvalue weighted by atomic mass is 16.1. The van der Waals surface area contributed by atoms with Gasteiger partial charge in [-0.2, -0.15) is 0 Å². The number of benzene rings is 4. The van der Waals surface area contributed by atoms with Crippen molar-refractivity contribution in [3.05, 3.63) is 144 Å². The largest absolute Gasteiger partial charge is 0.293 e. The fourth-order valence-corrected chi connectivity index (χ4v) is 4.00. The monoisotopic (exact) mass is 404 g/mol. The third kappa shape index (κ3) is 4.87. The van der Waals surface area contributed by atoms with E-state index in [2.05, 4.69) is 0 Å². The smallest absolute Gasteiger partial charge is 0.170 e. The van der Waals surface area contributed by atoms with E-state index < -0.39 is 11.8 Å². The minimum atomic E-state index is -0.415. The lowest BCUT2D eigenvalue weighted by Gasteiger charge is -2.23. The number of ketones is 2. The molecule has 4 aromatic rings. The summed E-state index contributed by atoms with van der Waals surface area (Å²) in [5.41, 5.74) is 3.18. The van der Waals surface area contributed by atoms with E-state index in [-0.39, 0.29) is 11.6 Å². The maximum Gasteiger partial charge on any atom is 0.170 e. The molecule has 4 aromatic carbocycles. The van der Waals surface area contributed by atoms with E-state index in [1.807, 2.05) is 121 Å². The van der Waals surface area contributed by atoms with E-state index in [9.17, 15) is 9.59 Å². The zero-order valence-electron chi connectivity index (χ0n) is 17.2. The van der Waals surface area contributed by atoms with E-state index in [0.717, 1.165) is 11.1 Å². The summed E-state index contributed by atoms with van der Waals surface area (Å²) < 4.78 is 0. The van der Waals surface area contributed by atoms with Gasteiger partial charge in [-0.25, -0.2) is 0 Å². The third-order valence-electron chi connectivity index (χ3n) is 5.62. The lowest BCUT2D eigenvalue weighted by atomic mass is 9.78. The first-order valence-corrected chi connectivity index (χ1v) is 10.5. The molecule has 0 aromatic heterocycles. The molecule has 152 valence electrons. The quantitative estimate of drug-likeness (QED) is 0.306. The van der Waals surface area contributed by atoms with Crippen LogP contribution >= 0.6 is 0 Å². The third-order valence-corrected chi connectivity index (χ3v) is 5.62. The van der Waals surface area contributed by atoms with Crippen molar-refractivity contribution in [1.82, 2.24) is 0 Å². The minimum Gasteiger partial charge on any atom is -0.293 e. The fraction of sp³-hybridized carbons (Fsp3) is 0.103. The minimum absolute atomic E-state index is 0.0357. The van der Waals surface area contributed by atoms with Crippen LogP contribution < -0.4 is 0 Å². The fourth-order valence-electron chi connectivity index (χ4n) is 4.00. The van der Waals surface area contributed by atoms with Gasteiger partial charge < -0.3 is 0 Å². The Hall–Kier alpha value is -3.78. The molecule has 0 N–H and O–H groups in total. The van der Waals surface area contributed by atoms with E-state index in [1.165, 1.54) is 0 Å². The van der Waals surface area contributed by atoms with Gasteiger partial charge in [0.15, 0.2) is 11.6 Å². The van der Waals surface area contributed by atoms with Crippen molar-refractivity contribution in [3.8, 4) is 0 Å². The first-order chi connectivity index (χ1) is 15.2. The Balaban J connectivity index is 1.75. The average Bonchev–Trinajstić information content (AvgIpc) is 2.86. The Labute approximate surface area is 183 Å². The van der Waals surface area contributed by atoms with E-state index in [4.69, 9.17) is 0 Å². The van der Waals surface area contributed by atoms with Crippen LogP contribution in [0, 0.1) is 0 Å². The summed E-state index contributed by atoms with van der Waals surface area (Å²) in [6, 6.07) is 38.2. The topological polar surface area (TPSA) is 34.1 Å². The number of hydrogen-bond acceptors (Lipinski definition) is 2. The molecule has 2 atom stereocenters. The van der Waals surface area contributed by atoms with Gasteiger partial charge in [0.05, 0.1) is 0 Å². The van der Waals surface area contributed by atoms with Crippen LogP contribution in [0.15, 0.2) is 121 Å². The standard InChI is InChI=1S/C29H24O2/c30-28(24-17-9-3-10-18-24)26(22-13-5-1-6-14-22)21-27(23-15-7-2-8-16-23)29(31)25-19-11-4-12-20-25/h1-20,26-27H,21H2. The highest BCUT2D eigenvalue weighted by Crippen LogP contribution is 2.34. The molecule has 2 nitrogen and oxygen atoms in total. The molecule has 2 unspecified atom stereocenters. The van der Waals surface area contributed by atoms with Crippen LogP contribution in [0.5, 0.6) is 0 Å². The molecule has 0 aliphatic carbocycles. The van der Waals surface area contributed by atoms with Crippen LogP contribution in [0.4, 0.5) is 0 Å². The van der Waals surface area contributed by atoms with Gasteiger partial charge >= 0.3 is 0 Å². The summed E-state index contributed by atoms with van der Waals surface area (Å²) in [6.07, 6.45) is 0.412. The zero-order valence-corrected chi connectivity index (χ0v) is 17.2. The van der Waals surface area contributed by atoms with Crippen LogP contribution in [0.1, 0.15) is 50.1 Å². The van der Waals surface area contributed by atoms with Gasteiger partial charge in [-0.15, -0.1) is 0 Å². The van der Waals surface area contributed by atoms with Gasteiger partial charge in [0.25, 0.3) is 0 Å². The molecule has 0 heterocycles.